The van der Waals surface area contributed by atoms with E-state index in [1.165, 1.54) is 5.57 Å². The zero-order valence-electron chi connectivity index (χ0n) is 22.0. The number of rotatable bonds is 5. The molecule has 212 valence electrons. The molecule has 1 N–H and O–H groups in total. The van der Waals surface area contributed by atoms with Crippen LogP contribution in [0.3, 0.4) is 0 Å². The Balaban J connectivity index is 1.55. The topological polar surface area (TPSA) is 37.3 Å². The second-order valence-electron chi connectivity index (χ2n) is 13.0. The van der Waals surface area contributed by atoms with Gasteiger partial charge in [-0.15, -0.1) is 0 Å². The number of Topliss-reactive ketones (excluding diaryl/α,β-unsaturated/α-hetero) is 1. The number of ketones is 1. The lowest BCUT2D eigenvalue weighted by molar-refractivity contribution is -0.343. The normalized spacial score (nSPS) is 39.8. The van der Waals surface area contributed by atoms with E-state index in [0.29, 0.717) is 5.92 Å². The van der Waals surface area contributed by atoms with Gasteiger partial charge in [0.25, 0.3) is 5.67 Å². The fourth-order valence-corrected chi connectivity index (χ4v) is 8.80. The number of alkyl halides is 7. The van der Waals surface area contributed by atoms with E-state index in [9.17, 15) is 40.6 Å². The Bertz CT molecular complexity index is 924. The van der Waals surface area contributed by atoms with Crippen molar-refractivity contribution < 1.29 is 40.6 Å². The molecular weight excluding hydrogens is 501 g/mol. The van der Waals surface area contributed by atoms with Crippen LogP contribution in [0, 0.1) is 40.4 Å². The summed E-state index contributed by atoms with van der Waals surface area (Å²) in [6.45, 7) is 8.23. The highest BCUT2D eigenvalue weighted by atomic mass is 19.4. The van der Waals surface area contributed by atoms with E-state index >= 15 is 0 Å². The molecule has 4 aliphatic rings. The Morgan fingerprint density at radius 1 is 1.00 bits per heavy atom. The number of carbonyl (C=O) groups excluding carboxylic acids is 1. The third-order valence-electron chi connectivity index (χ3n) is 10.9. The molecule has 4 rings (SSSR count). The van der Waals surface area contributed by atoms with Gasteiger partial charge in [-0.3, -0.25) is 4.79 Å². The minimum atomic E-state index is -6.03. The van der Waals surface area contributed by atoms with Crippen LogP contribution in [0.15, 0.2) is 11.1 Å². The lowest BCUT2D eigenvalue weighted by atomic mass is 9.47. The molecule has 0 radical (unpaired) electrons. The maximum Gasteiger partial charge on any atom is 0.431 e. The van der Waals surface area contributed by atoms with Gasteiger partial charge in [0.1, 0.15) is 0 Å². The molecule has 0 aromatic carbocycles. The summed E-state index contributed by atoms with van der Waals surface area (Å²) < 4.78 is 91.9. The van der Waals surface area contributed by atoms with Crippen molar-refractivity contribution in [2.45, 2.75) is 116 Å². The Hall–Kier alpha value is -1.12. The lowest BCUT2D eigenvalue weighted by Gasteiger charge is -2.58. The molecule has 0 aromatic rings. The van der Waals surface area contributed by atoms with Crippen molar-refractivity contribution in [1.29, 1.82) is 0 Å². The Kier molecular flexibility index (Phi) is 7.20. The van der Waals surface area contributed by atoms with Crippen molar-refractivity contribution in [3.63, 3.8) is 0 Å². The van der Waals surface area contributed by atoms with Crippen molar-refractivity contribution in [3.8, 4) is 0 Å². The Morgan fingerprint density at radius 2 is 1.62 bits per heavy atom. The average Bonchev–Trinajstić information content (AvgIpc) is 3.04. The summed E-state index contributed by atoms with van der Waals surface area (Å²) in [6.07, 6.45) is -9.40. The highest BCUT2D eigenvalue weighted by Gasteiger charge is 2.71. The number of aliphatic hydroxyl groups excluding tert-OH is 1. The SMILES string of the molecule is C[C@@H]1C[C@H]2CC(O)CC[C@]2(C)[C@H]2CC[C@@]3(C)C(=C12)C(=O)C[C@@H]3[C@H](C)CCCC(F)(C(F)(F)F)C(F)(F)F. The van der Waals surface area contributed by atoms with Crippen LogP contribution in [0.5, 0.6) is 0 Å². The van der Waals surface area contributed by atoms with Gasteiger partial charge in [-0.05, 0) is 91.8 Å². The first kappa shape index (κ1) is 28.9. The van der Waals surface area contributed by atoms with Crippen LogP contribution in [0.25, 0.3) is 0 Å². The second kappa shape index (κ2) is 9.22. The highest BCUT2D eigenvalue weighted by molar-refractivity contribution is 6.00. The van der Waals surface area contributed by atoms with Gasteiger partial charge in [-0.1, -0.05) is 39.7 Å². The van der Waals surface area contributed by atoms with Crippen LogP contribution >= 0.6 is 0 Å². The fraction of sp³-hybridized carbons (Fsp3) is 0.893. The van der Waals surface area contributed by atoms with Gasteiger partial charge in [0.15, 0.2) is 5.78 Å². The number of aliphatic hydroxyl groups is 1. The number of halogens is 7. The molecule has 2 nitrogen and oxygen atoms in total. The van der Waals surface area contributed by atoms with E-state index in [2.05, 4.69) is 13.8 Å². The predicted octanol–water partition coefficient (Wildman–Crippen LogP) is 8.13. The third-order valence-corrected chi connectivity index (χ3v) is 10.9. The lowest BCUT2D eigenvalue weighted by Crippen LogP contribution is -2.53. The molecule has 0 aromatic heterocycles. The molecule has 0 spiro atoms. The first-order valence-electron chi connectivity index (χ1n) is 13.6. The number of hydrogen-bond donors (Lipinski definition) is 1. The van der Waals surface area contributed by atoms with Gasteiger partial charge < -0.3 is 5.11 Å². The van der Waals surface area contributed by atoms with Crippen LogP contribution in [0.1, 0.15) is 91.9 Å². The summed E-state index contributed by atoms with van der Waals surface area (Å²) >= 11 is 0. The summed E-state index contributed by atoms with van der Waals surface area (Å²) in [5.41, 5.74) is -3.63. The average molecular weight is 541 g/mol. The van der Waals surface area contributed by atoms with Crippen LogP contribution in [0.2, 0.25) is 0 Å². The predicted molar refractivity (Wildman–Crippen MR) is 125 cm³/mol. The third kappa shape index (κ3) is 4.47. The van der Waals surface area contributed by atoms with E-state index < -0.39 is 36.3 Å². The van der Waals surface area contributed by atoms with E-state index in [0.717, 1.165) is 44.1 Å². The van der Waals surface area contributed by atoms with Crippen molar-refractivity contribution in [3.05, 3.63) is 11.1 Å². The molecular formula is C28H39F7O2. The molecule has 4 aliphatic carbocycles. The molecule has 0 amide bonds. The minimum Gasteiger partial charge on any atom is -0.393 e. The van der Waals surface area contributed by atoms with E-state index in [1.807, 2.05) is 6.92 Å². The van der Waals surface area contributed by atoms with Crippen LogP contribution in [-0.4, -0.2) is 35.0 Å². The zero-order chi connectivity index (χ0) is 27.8. The van der Waals surface area contributed by atoms with Gasteiger partial charge in [-0.25, -0.2) is 4.39 Å². The monoisotopic (exact) mass is 540 g/mol. The first-order valence-corrected chi connectivity index (χ1v) is 13.6. The fourth-order valence-electron chi connectivity index (χ4n) is 8.80. The Morgan fingerprint density at radius 3 is 2.22 bits per heavy atom. The second-order valence-corrected chi connectivity index (χ2v) is 13.0. The van der Waals surface area contributed by atoms with Crippen molar-refractivity contribution in [1.82, 2.24) is 0 Å². The van der Waals surface area contributed by atoms with E-state index in [-0.39, 0.29) is 53.8 Å². The summed E-state index contributed by atoms with van der Waals surface area (Å²) in [5, 5.41) is 10.3. The highest BCUT2D eigenvalue weighted by Crippen LogP contribution is 2.66. The molecule has 0 aliphatic heterocycles. The number of carbonyl (C=O) groups is 1. The summed E-state index contributed by atoms with van der Waals surface area (Å²) in [4.78, 5) is 13.5. The van der Waals surface area contributed by atoms with Gasteiger partial charge in [-0.2, -0.15) is 26.3 Å². The largest absolute Gasteiger partial charge is 0.431 e. The summed E-state index contributed by atoms with van der Waals surface area (Å²) in [6, 6.07) is 0. The standard InChI is InChI=1S/C28H39F7O2/c1-15(6-5-9-26(29,27(30,31)32)28(33,34)35)20-14-21(37)23-22-16(2)12-17-13-18(36)7-10-24(17,3)19(22)8-11-25(20,23)4/h15-20,36H,5-14H2,1-4H3/t15-,16-,17+,18?,19+,20-,24+,25-/m1/s1. The van der Waals surface area contributed by atoms with Crippen molar-refractivity contribution >= 4 is 5.78 Å². The van der Waals surface area contributed by atoms with Gasteiger partial charge >= 0.3 is 12.4 Å². The zero-order valence-corrected chi connectivity index (χ0v) is 22.0. The number of allylic oxidation sites excluding steroid dienone is 2. The first-order chi connectivity index (χ1) is 16.9. The molecule has 3 saturated carbocycles. The molecule has 37 heavy (non-hydrogen) atoms. The quantitative estimate of drug-likeness (QED) is 0.358. The maximum atomic E-state index is 14.1. The smallest absolute Gasteiger partial charge is 0.393 e. The van der Waals surface area contributed by atoms with Gasteiger partial charge in [0, 0.05) is 12.0 Å². The molecule has 8 atom stereocenters. The van der Waals surface area contributed by atoms with Gasteiger partial charge in [0.2, 0.25) is 0 Å². The van der Waals surface area contributed by atoms with Gasteiger partial charge in [0.05, 0.1) is 6.10 Å². The molecule has 0 bridgehead atoms. The van der Waals surface area contributed by atoms with Crippen molar-refractivity contribution in [2.24, 2.45) is 40.4 Å². The Labute approximate surface area is 214 Å². The van der Waals surface area contributed by atoms with Crippen LogP contribution < -0.4 is 0 Å². The molecule has 9 heteroatoms. The molecule has 0 saturated heterocycles. The van der Waals surface area contributed by atoms with Crippen LogP contribution in [0.4, 0.5) is 30.7 Å². The van der Waals surface area contributed by atoms with E-state index in [1.54, 1.807) is 6.92 Å². The summed E-state index contributed by atoms with van der Waals surface area (Å²) in [7, 11) is 0. The number of fused-ring (bicyclic) bond motifs is 4. The minimum absolute atomic E-state index is 0.00929. The van der Waals surface area contributed by atoms with Crippen molar-refractivity contribution in [2.75, 3.05) is 0 Å². The summed E-state index contributed by atoms with van der Waals surface area (Å²) in [5.74, 6) is 0.363. The maximum absolute atomic E-state index is 14.1. The molecule has 1 unspecified atom stereocenters. The van der Waals surface area contributed by atoms with E-state index in [4.69, 9.17) is 0 Å². The molecule has 3 fully saturated rings. The number of hydrogen-bond acceptors (Lipinski definition) is 2. The van der Waals surface area contributed by atoms with Crippen LogP contribution in [-0.2, 0) is 4.79 Å². The molecule has 0 heterocycles.